The molecule has 1 saturated heterocycles. The first kappa shape index (κ1) is 20.6. The summed E-state index contributed by atoms with van der Waals surface area (Å²) < 4.78 is 6.40. The van der Waals surface area contributed by atoms with Crippen LogP contribution in [0.1, 0.15) is 29.3 Å². The second-order valence-electron chi connectivity index (χ2n) is 7.19. The Bertz CT molecular complexity index is 942. The van der Waals surface area contributed by atoms with Crippen LogP contribution in [0.25, 0.3) is 0 Å². The average Bonchev–Trinajstić information content (AvgIpc) is 2.87. The number of aliphatic imine (C=N–C) groups is 1. The molecule has 4 rings (SSSR count). The molecule has 0 bridgehead atoms. The molecule has 0 spiro atoms. The highest BCUT2D eigenvalue weighted by molar-refractivity contribution is 9.10. The highest BCUT2D eigenvalue weighted by Gasteiger charge is 2.17. The topological polar surface area (TPSA) is 53.9 Å². The van der Waals surface area contributed by atoms with E-state index in [0.29, 0.717) is 12.1 Å². The summed E-state index contributed by atoms with van der Waals surface area (Å²) in [6.45, 7) is 7.24. The first-order chi connectivity index (χ1) is 14.1. The van der Waals surface area contributed by atoms with Crippen molar-refractivity contribution in [2.75, 3.05) is 39.4 Å². The van der Waals surface area contributed by atoms with Crippen molar-refractivity contribution in [1.29, 1.82) is 0 Å². The van der Waals surface area contributed by atoms with E-state index < -0.39 is 0 Å². The van der Waals surface area contributed by atoms with Crippen molar-refractivity contribution in [3.05, 3.63) is 52.0 Å². The van der Waals surface area contributed by atoms with Crippen LogP contribution in [-0.4, -0.2) is 55.9 Å². The molecule has 1 N–H and O–H groups in total. The fourth-order valence-electron chi connectivity index (χ4n) is 3.50. The number of benzene rings is 2. The zero-order valence-corrected chi connectivity index (χ0v) is 18.8. The molecule has 0 saturated carbocycles. The summed E-state index contributed by atoms with van der Waals surface area (Å²) in [4.78, 5) is 22.0. The van der Waals surface area contributed by atoms with E-state index in [1.807, 2.05) is 31.2 Å². The molecule has 152 valence electrons. The van der Waals surface area contributed by atoms with E-state index in [1.165, 1.54) is 4.90 Å². The minimum Gasteiger partial charge on any atom is -0.379 e. The number of hydrogen-bond acceptors (Lipinski definition) is 5. The molecule has 2 aliphatic heterocycles. The van der Waals surface area contributed by atoms with Crippen LogP contribution in [0.2, 0.25) is 0 Å². The van der Waals surface area contributed by atoms with Gasteiger partial charge in [-0.3, -0.25) is 14.7 Å². The number of fused-ring (bicyclic) bond motifs is 2. The number of nitrogens with zero attached hydrogens (tertiary/aromatic N) is 2. The molecule has 5 nitrogen and oxygen atoms in total. The van der Waals surface area contributed by atoms with Crippen LogP contribution in [0, 0.1) is 0 Å². The number of morpholine rings is 1. The first-order valence-electron chi connectivity index (χ1n) is 9.85. The van der Waals surface area contributed by atoms with Gasteiger partial charge in [0.25, 0.3) is 5.91 Å². The number of amides is 1. The Balaban J connectivity index is 1.41. The van der Waals surface area contributed by atoms with Gasteiger partial charge in [0.1, 0.15) is 0 Å². The summed E-state index contributed by atoms with van der Waals surface area (Å²) in [5.74, 6) is -0.0443. The molecule has 2 aliphatic rings. The Hall–Kier alpha value is -1.67. The number of carbonyl (C=O) groups excluding carboxylic acids is 1. The van der Waals surface area contributed by atoms with E-state index in [4.69, 9.17) is 9.73 Å². The second-order valence-corrected chi connectivity index (χ2v) is 9.19. The van der Waals surface area contributed by atoms with E-state index in [9.17, 15) is 4.79 Å². The van der Waals surface area contributed by atoms with Crippen molar-refractivity contribution < 1.29 is 9.53 Å². The van der Waals surface area contributed by atoms with Crippen LogP contribution in [-0.2, 0) is 4.74 Å². The maximum atomic E-state index is 12.6. The highest BCUT2D eigenvalue weighted by atomic mass is 79.9. The Kier molecular flexibility index (Phi) is 6.70. The standard InChI is InChI=1S/C22H24BrN3O2S/c1-15-18-14-17(23)4-6-20(18)29-21-5-3-16(13-19(21)25-15)22(27)24-7-2-8-26-9-11-28-12-10-26/h3-6,13-14H,2,7-12H2,1H3,(H,24,27). The van der Waals surface area contributed by atoms with Crippen molar-refractivity contribution in [3.8, 4) is 0 Å². The Morgan fingerprint density at radius 2 is 2.00 bits per heavy atom. The van der Waals surface area contributed by atoms with Crippen LogP contribution in [0.3, 0.4) is 0 Å². The molecule has 2 heterocycles. The van der Waals surface area contributed by atoms with Crippen LogP contribution < -0.4 is 5.32 Å². The molecule has 2 aromatic carbocycles. The lowest BCUT2D eigenvalue weighted by molar-refractivity contribution is 0.0374. The predicted molar refractivity (Wildman–Crippen MR) is 121 cm³/mol. The van der Waals surface area contributed by atoms with E-state index in [-0.39, 0.29) is 5.91 Å². The zero-order chi connectivity index (χ0) is 20.2. The summed E-state index contributed by atoms with van der Waals surface area (Å²) in [6.07, 6.45) is 0.938. The van der Waals surface area contributed by atoms with Gasteiger partial charge >= 0.3 is 0 Å². The van der Waals surface area contributed by atoms with Gasteiger partial charge in [-0.05, 0) is 56.3 Å². The summed E-state index contributed by atoms with van der Waals surface area (Å²) in [6, 6.07) is 12.0. The Labute approximate surface area is 184 Å². The smallest absolute Gasteiger partial charge is 0.251 e. The average molecular weight is 474 g/mol. The van der Waals surface area contributed by atoms with Gasteiger partial charge in [0, 0.05) is 50.7 Å². The summed E-state index contributed by atoms with van der Waals surface area (Å²) in [7, 11) is 0. The van der Waals surface area contributed by atoms with Crippen molar-refractivity contribution in [2.45, 2.75) is 23.1 Å². The van der Waals surface area contributed by atoms with Crippen LogP contribution >= 0.6 is 27.7 Å². The summed E-state index contributed by atoms with van der Waals surface area (Å²) in [5.41, 5.74) is 3.57. The van der Waals surface area contributed by atoms with Gasteiger partial charge in [-0.2, -0.15) is 0 Å². The van der Waals surface area contributed by atoms with E-state index in [0.717, 1.165) is 65.6 Å². The van der Waals surface area contributed by atoms with Gasteiger partial charge < -0.3 is 10.1 Å². The minimum atomic E-state index is -0.0443. The molecule has 2 aromatic rings. The SMILES string of the molecule is CC1=Nc2cc(C(=O)NCCCN3CCOCC3)ccc2Sc2ccc(Br)cc21. The summed E-state index contributed by atoms with van der Waals surface area (Å²) in [5, 5.41) is 3.04. The molecule has 0 aliphatic carbocycles. The molecular weight excluding hydrogens is 450 g/mol. The third-order valence-electron chi connectivity index (χ3n) is 5.10. The van der Waals surface area contributed by atoms with Crippen molar-refractivity contribution in [3.63, 3.8) is 0 Å². The first-order valence-corrected chi connectivity index (χ1v) is 11.5. The predicted octanol–water partition coefficient (Wildman–Crippen LogP) is 4.51. The van der Waals surface area contributed by atoms with E-state index in [1.54, 1.807) is 11.8 Å². The third kappa shape index (κ3) is 5.09. The molecule has 0 atom stereocenters. The van der Waals surface area contributed by atoms with E-state index in [2.05, 4.69) is 38.3 Å². The molecular formula is C22H24BrN3O2S. The lowest BCUT2D eigenvalue weighted by atomic mass is 10.1. The second kappa shape index (κ2) is 9.43. The molecule has 7 heteroatoms. The number of rotatable bonds is 5. The number of ether oxygens (including phenoxy) is 1. The molecule has 29 heavy (non-hydrogen) atoms. The number of carbonyl (C=O) groups is 1. The van der Waals surface area contributed by atoms with Gasteiger partial charge in [0.15, 0.2) is 0 Å². The van der Waals surface area contributed by atoms with Crippen molar-refractivity contribution >= 4 is 45.0 Å². The van der Waals surface area contributed by atoms with Crippen molar-refractivity contribution in [1.82, 2.24) is 10.2 Å². The number of halogens is 1. The fraction of sp³-hybridized carbons (Fsp3) is 0.364. The number of hydrogen-bond donors (Lipinski definition) is 1. The molecule has 1 fully saturated rings. The quantitative estimate of drug-likeness (QED) is 0.649. The number of nitrogens with one attached hydrogen (secondary N) is 1. The van der Waals surface area contributed by atoms with Gasteiger partial charge in [-0.15, -0.1) is 0 Å². The minimum absolute atomic E-state index is 0.0443. The molecule has 0 aromatic heterocycles. The van der Waals surface area contributed by atoms with Crippen LogP contribution in [0.5, 0.6) is 0 Å². The largest absolute Gasteiger partial charge is 0.379 e. The maximum absolute atomic E-state index is 12.6. The van der Waals surface area contributed by atoms with Gasteiger partial charge in [-0.1, -0.05) is 27.7 Å². The Morgan fingerprint density at radius 3 is 2.83 bits per heavy atom. The Morgan fingerprint density at radius 1 is 1.21 bits per heavy atom. The molecule has 0 unspecified atom stereocenters. The molecule has 1 amide bonds. The fourth-order valence-corrected chi connectivity index (χ4v) is 4.89. The maximum Gasteiger partial charge on any atom is 0.251 e. The highest BCUT2D eigenvalue weighted by Crippen LogP contribution is 2.41. The van der Waals surface area contributed by atoms with Crippen LogP contribution in [0.15, 0.2) is 55.7 Å². The van der Waals surface area contributed by atoms with E-state index >= 15 is 0 Å². The monoisotopic (exact) mass is 473 g/mol. The molecule has 0 radical (unpaired) electrons. The zero-order valence-electron chi connectivity index (χ0n) is 16.4. The van der Waals surface area contributed by atoms with Crippen LogP contribution in [0.4, 0.5) is 5.69 Å². The van der Waals surface area contributed by atoms with Gasteiger partial charge in [0.2, 0.25) is 0 Å². The van der Waals surface area contributed by atoms with Gasteiger partial charge in [-0.25, -0.2) is 0 Å². The lowest BCUT2D eigenvalue weighted by Gasteiger charge is -2.26. The lowest BCUT2D eigenvalue weighted by Crippen LogP contribution is -2.38. The van der Waals surface area contributed by atoms with Crippen molar-refractivity contribution in [2.24, 2.45) is 4.99 Å². The normalized spacial score (nSPS) is 16.4. The van der Waals surface area contributed by atoms with Gasteiger partial charge in [0.05, 0.1) is 18.9 Å². The third-order valence-corrected chi connectivity index (χ3v) is 6.74. The summed E-state index contributed by atoms with van der Waals surface area (Å²) >= 11 is 5.23.